The van der Waals surface area contributed by atoms with E-state index in [1.807, 2.05) is 39.0 Å². The summed E-state index contributed by atoms with van der Waals surface area (Å²) < 4.78 is 5.09. The number of ketones is 1. The van der Waals surface area contributed by atoms with Crippen LogP contribution in [0.5, 0.6) is 0 Å². The van der Waals surface area contributed by atoms with Crippen LogP contribution < -0.4 is 25.7 Å². The number of Topliss-reactive ketones (excluding diaryl/α,β-unsaturated/α-hetero) is 1. The average molecular weight is 631 g/mol. The molecule has 0 radical (unpaired) electrons. The van der Waals surface area contributed by atoms with Gasteiger partial charge in [0.25, 0.3) is 0 Å². The summed E-state index contributed by atoms with van der Waals surface area (Å²) in [6.07, 6.45) is 6.26. The number of aliphatic hydroxyl groups excluding tert-OH is 1. The smallest absolute Gasteiger partial charge is 0.664 e. The van der Waals surface area contributed by atoms with Crippen LogP contribution in [-0.2, 0) is 20.7 Å². The second kappa shape index (κ2) is 12.3. The minimum absolute atomic E-state index is 0. The summed E-state index contributed by atoms with van der Waals surface area (Å²) in [7, 11) is 1.22. The molecule has 10 nitrogen and oxygen atoms in total. The molecule has 1 saturated heterocycles. The van der Waals surface area contributed by atoms with Crippen LogP contribution in [0, 0.1) is 38.5 Å². The first-order valence-corrected chi connectivity index (χ1v) is 14.9. The molecule has 1 aliphatic carbocycles. The van der Waals surface area contributed by atoms with Crippen molar-refractivity contribution in [1.29, 1.82) is 0 Å². The van der Waals surface area contributed by atoms with Gasteiger partial charge in [-0.3, -0.25) is 9.59 Å². The molecule has 0 amide bonds. The number of carbonyl (C=O) groups is 3. The van der Waals surface area contributed by atoms with Crippen molar-refractivity contribution >= 4 is 70.7 Å². The number of aliphatic carboxylic acids is 1. The number of esters is 1. The number of ether oxygens (including phenoxy) is 1. The minimum atomic E-state index is -1.69. The van der Waals surface area contributed by atoms with E-state index in [-0.39, 0.29) is 41.0 Å². The van der Waals surface area contributed by atoms with Gasteiger partial charge in [0.2, 0.25) is 0 Å². The van der Waals surface area contributed by atoms with E-state index in [9.17, 15) is 24.6 Å². The zero-order chi connectivity index (χ0) is 32.5. The van der Waals surface area contributed by atoms with Gasteiger partial charge in [-0.05, 0) is 51.0 Å². The van der Waals surface area contributed by atoms with Crippen molar-refractivity contribution in [3.8, 4) is 0 Å². The summed E-state index contributed by atoms with van der Waals surface area (Å²) in [5.74, 6) is -4.93. The predicted molar refractivity (Wildman–Crippen MR) is 174 cm³/mol. The maximum Gasteiger partial charge on any atom is 2.00 e. The summed E-state index contributed by atoms with van der Waals surface area (Å²) in [6, 6.07) is 0. The Morgan fingerprint density at radius 1 is 1.02 bits per heavy atom. The van der Waals surface area contributed by atoms with Crippen molar-refractivity contribution in [3.05, 3.63) is 90.1 Å². The van der Waals surface area contributed by atoms with Crippen molar-refractivity contribution in [2.75, 3.05) is 7.11 Å². The maximum atomic E-state index is 14.0. The number of aliphatic hydroxyl groups is 1. The van der Waals surface area contributed by atoms with Gasteiger partial charge >= 0.3 is 35.0 Å². The van der Waals surface area contributed by atoms with E-state index in [1.54, 1.807) is 13.0 Å². The van der Waals surface area contributed by atoms with Gasteiger partial charge in [0.1, 0.15) is 5.92 Å². The van der Waals surface area contributed by atoms with E-state index in [1.165, 1.54) is 7.11 Å². The van der Waals surface area contributed by atoms with E-state index in [0.717, 1.165) is 39.4 Å². The first-order valence-electron chi connectivity index (χ1n) is 14.9. The van der Waals surface area contributed by atoms with E-state index >= 15 is 0 Å². The van der Waals surface area contributed by atoms with Gasteiger partial charge in [-0.1, -0.05) is 72.6 Å². The molecule has 0 spiro atoms. The molecule has 11 heteroatoms. The fourth-order valence-electron chi connectivity index (χ4n) is 6.92. The number of carbonyl (C=O) groups excluding carboxylic acids is 2. The van der Waals surface area contributed by atoms with Crippen LogP contribution in [0.15, 0.2) is 18.0 Å². The Kier molecular flexibility index (Phi) is 8.89. The van der Waals surface area contributed by atoms with Gasteiger partial charge in [-0.2, -0.15) is 11.4 Å². The van der Waals surface area contributed by atoms with Crippen molar-refractivity contribution < 1.29 is 29.3 Å². The predicted octanol–water partition coefficient (Wildman–Crippen LogP) is 2.49. The fraction of sp³-hybridized carbons (Fsp3) is 0.343. The molecule has 8 bridgehead atoms. The van der Waals surface area contributed by atoms with Crippen molar-refractivity contribution in [2.24, 2.45) is 17.8 Å². The third-order valence-electron chi connectivity index (χ3n) is 9.51. The third kappa shape index (κ3) is 5.01. The molecule has 5 heterocycles. The first-order chi connectivity index (χ1) is 21.4. The first kappa shape index (κ1) is 33.3. The molecule has 0 saturated carbocycles. The Labute approximate surface area is 282 Å². The largest absolute Gasteiger partial charge is 2.00 e. The Morgan fingerprint density at radius 2 is 1.70 bits per heavy atom. The number of carboxylic acids is 1. The Morgan fingerprint density at radius 3 is 2.33 bits per heavy atom. The molecular weight excluding hydrogens is 597 g/mol. The minimum Gasteiger partial charge on any atom is -0.664 e. The molecule has 2 N–H and O–H groups in total. The van der Waals surface area contributed by atoms with Crippen molar-refractivity contribution in [3.63, 3.8) is 0 Å². The van der Waals surface area contributed by atoms with Crippen LogP contribution in [0.25, 0.3) is 35.2 Å². The number of nitrogens with zero attached hydrogens (tertiary/aromatic N) is 4. The molecule has 3 aliphatic rings. The number of methoxy groups -OCH3 is 1. The second-order valence-electron chi connectivity index (χ2n) is 11.9. The van der Waals surface area contributed by atoms with Crippen LogP contribution in [-0.4, -0.2) is 64.2 Å². The summed E-state index contributed by atoms with van der Waals surface area (Å²) in [4.78, 5) is 53.8. The van der Waals surface area contributed by atoms with Crippen LogP contribution in [0.2, 0.25) is 0 Å². The second-order valence-corrected chi connectivity index (χ2v) is 11.9. The van der Waals surface area contributed by atoms with E-state index in [2.05, 4.69) is 13.5 Å². The Balaban J connectivity index is 0.00000417. The van der Waals surface area contributed by atoms with Gasteiger partial charge in [-0.25, -0.2) is 4.79 Å². The maximum absolute atomic E-state index is 14.0. The third-order valence-corrected chi connectivity index (χ3v) is 9.51. The van der Waals surface area contributed by atoms with Crippen molar-refractivity contribution in [2.45, 2.75) is 53.6 Å². The Bertz CT molecular complexity index is 2010. The number of carboxylic acid groups (broad SMARTS) is 1. The Hall–Kier alpha value is -4.06. The summed E-state index contributed by atoms with van der Waals surface area (Å²) in [5.41, 5.74) is 8.14. The molecule has 3 aromatic heterocycles. The average Bonchev–Trinajstić information content (AvgIpc) is 3.74. The van der Waals surface area contributed by atoms with Gasteiger partial charge in [-0.15, -0.1) is 33.5 Å². The topological polar surface area (TPSA) is 157 Å². The molecular formula is C35H34MgN4O6-2. The number of fused-ring (bicyclic) bond motifs is 7. The zero-order valence-corrected chi connectivity index (χ0v) is 28.2. The molecule has 234 valence electrons. The molecule has 2 aliphatic heterocycles. The quantitative estimate of drug-likeness (QED) is 0.237. The van der Waals surface area contributed by atoms with Crippen LogP contribution in [0.4, 0.5) is 0 Å². The fourth-order valence-corrected chi connectivity index (χ4v) is 6.92. The van der Waals surface area contributed by atoms with Gasteiger partial charge in [0, 0.05) is 5.56 Å². The molecule has 3 aromatic rings. The molecule has 1 unspecified atom stereocenters. The van der Waals surface area contributed by atoms with E-state index in [4.69, 9.17) is 25.0 Å². The van der Waals surface area contributed by atoms with E-state index < -0.39 is 35.7 Å². The number of rotatable bonds is 6. The number of hydrogen-bond donors (Lipinski definition) is 2. The van der Waals surface area contributed by atoms with Gasteiger partial charge in [0.15, 0.2) is 11.9 Å². The summed E-state index contributed by atoms with van der Waals surface area (Å²) in [5, 5.41) is 26.6. The van der Waals surface area contributed by atoms with Crippen LogP contribution in [0.1, 0.15) is 81.2 Å². The van der Waals surface area contributed by atoms with E-state index in [0.29, 0.717) is 45.3 Å². The number of hydrogen-bond acceptors (Lipinski definition) is 5. The monoisotopic (exact) mass is 630 g/mol. The molecule has 4 atom stereocenters. The molecule has 6 rings (SSSR count). The van der Waals surface area contributed by atoms with Gasteiger partial charge in [0.05, 0.1) is 7.11 Å². The molecule has 46 heavy (non-hydrogen) atoms. The standard InChI is InChI=1S/C35H36N4O6.Mg/c1-8-18-14(3)21-11-23-16(5)20(10-27(40)34(42)43)31(38-23)29-30(35(44)45-7)33(41)28-17(6)24(39-32(28)29)13-26-19(9-2)15(4)22(37-26)12-25(18)36-21;/h8,11-13,16,20,27,30,40H,1,9-10H2,2-7H3,(H3,38,39,41,42,43);/q-2;+2/p-2/b22-12-,23-11-,26-13-;/t16-,20-,27?,30+;/m0./s1. The zero-order valence-electron chi connectivity index (χ0n) is 26.8. The van der Waals surface area contributed by atoms with Crippen LogP contribution >= 0.6 is 0 Å². The number of allylic oxidation sites excluding steroid dienone is 2. The SMILES string of the molecule is C=Cc1c2[n-]c(c1C)/C=C1\[N-]/C(=C3\c4[n-]c(c(C)c4C(=O)[C@@H]3C(=O)OC)/C=c3\[n-]/c(c(C)c3CC)=C\2)[C@@H](CC(O)C(=O)O)[C@@H]1C.[Mg+2]. The molecule has 0 aromatic carbocycles. The normalized spacial score (nSPS) is 24.5. The number of aromatic nitrogens is 3. The van der Waals surface area contributed by atoms with Crippen LogP contribution in [0.3, 0.4) is 0 Å². The van der Waals surface area contributed by atoms with Gasteiger partial charge < -0.3 is 35.2 Å². The molecule has 1 fully saturated rings. The summed E-state index contributed by atoms with van der Waals surface area (Å²) >= 11 is 0. The van der Waals surface area contributed by atoms with Crippen molar-refractivity contribution in [1.82, 2.24) is 15.0 Å². The summed E-state index contributed by atoms with van der Waals surface area (Å²) in [6.45, 7) is 13.7.